The lowest BCUT2D eigenvalue weighted by Crippen LogP contribution is -2.15. The molecule has 6 heteroatoms. The molecule has 0 radical (unpaired) electrons. The summed E-state index contributed by atoms with van der Waals surface area (Å²) in [4.78, 5) is 4.04. The van der Waals surface area contributed by atoms with Gasteiger partial charge in [0, 0.05) is 6.20 Å². The van der Waals surface area contributed by atoms with Crippen LogP contribution in [0, 0.1) is 0 Å². The SMILES string of the molecule is CCCOc1ccc(Oc2cccnc2/C(N)=N/O)cc1. The van der Waals surface area contributed by atoms with Gasteiger partial charge in [-0.05, 0) is 42.8 Å². The molecule has 0 unspecified atom stereocenters. The summed E-state index contributed by atoms with van der Waals surface area (Å²) in [5, 5.41) is 11.7. The first-order valence-corrected chi connectivity index (χ1v) is 6.58. The van der Waals surface area contributed by atoms with Gasteiger partial charge in [0.15, 0.2) is 17.3 Å². The highest BCUT2D eigenvalue weighted by atomic mass is 16.5. The van der Waals surface area contributed by atoms with E-state index in [4.69, 9.17) is 20.4 Å². The zero-order valence-electron chi connectivity index (χ0n) is 11.7. The second kappa shape index (κ2) is 7.14. The third-order valence-corrected chi connectivity index (χ3v) is 2.65. The van der Waals surface area contributed by atoms with E-state index in [1.54, 1.807) is 30.5 Å². The Labute approximate surface area is 122 Å². The van der Waals surface area contributed by atoms with Gasteiger partial charge < -0.3 is 20.4 Å². The zero-order valence-corrected chi connectivity index (χ0v) is 11.7. The van der Waals surface area contributed by atoms with Crippen molar-refractivity contribution in [2.24, 2.45) is 10.9 Å². The van der Waals surface area contributed by atoms with E-state index in [9.17, 15) is 0 Å². The van der Waals surface area contributed by atoms with Crippen molar-refractivity contribution >= 4 is 5.84 Å². The highest BCUT2D eigenvalue weighted by Gasteiger charge is 2.10. The highest BCUT2D eigenvalue weighted by Crippen LogP contribution is 2.25. The summed E-state index contributed by atoms with van der Waals surface area (Å²) < 4.78 is 11.2. The quantitative estimate of drug-likeness (QED) is 0.369. The number of benzene rings is 1. The van der Waals surface area contributed by atoms with Crippen molar-refractivity contribution in [2.75, 3.05) is 6.61 Å². The Bertz CT molecular complexity index is 612. The molecule has 2 aromatic rings. The summed E-state index contributed by atoms with van der Waals surface area (Å²) in [7, 11) is 0. The fraction of sp³-hybridized carbons (Fsp3) is 0.200. The smallest absolute Gasteiger partial charge is 0.192 e. The van der Waals surface area contributed by atoms with E-state index in [1.165, 1.54) is 0 Å². The molecule has 0 aliphatic rings. The van der Waals surface area contributed by atoms with Crippen LogP contribution in [-0.4, -0.2) is 22.6 Å². The molecule has 0 saturated carbocycles. The number of nitrogens with two attached hydrogens (primary N) is 1. The number of aromatic nitrogens is 1. The average molecular weight is 287 g/mol. The Kier molecular flexibility index (Phi) is 4.98. The van der Waals surface area contributed by atoms with Crippen LogP contribution in [-0.2, 0) is 0 Å². The van der Waals surface area contributed by atoms with Crippen molar-refractivity contribution in [3.63, 3.8) is 0 Å². The first kappa shape index (κ1) is 14.6. The molecule has 110 valence electrons. The summed E-state index contributed by atoms with van der Waals surface area (Å²) in [6.45, 7) is 2.73. The second-order valence-electron chi connectivity index (χ2n) is 4.26. The number of amidine groups is 1. The lowest BCUT2D eigenvalue weighted by molar-refractivity contribution is 0.317. The number of pyridine rings is 1. The van der Waals surface area contributed by atoms with Crippen molar-refractivity contribution < 1.29 is 14.7 Å². The van der Waals surface area contributed by atoms with Crippen molar-refractivity contribution in [3.8, 4) is 17.2 Å². The maximum Gasteiger partial charge on any atom is 0.192 e. The number of nitrogens with zero attached hydrogens (tertiary/aromatic N) is 2. The van der Waals surface area contributed by atoms with Gasteiger partial charge in [0.2, 0.25) is 0 Å². The number of hydrogen-bond acceptors (Lipinski definition) is 5. The third kappa shape index (κ3) is 3.85. The van der Waals surface area contributed by atoms with Gasteiger partial charge in [0.1, 0.15) is 11.5 Å². The molecule has 1 aromatic heterocycles. The van der Waals surface area contributed by atoms with Gasteiger partial charge in [-0.2, -0.15) is 0 Å². The first-order chi connectivity index (χ1) is 10.2. The van der Waals surface area contributed by atoms with E-state index in [1.807, 2.05) is 12.1 Å². The predicted octanol–water partition coefficient (Wildman–Crippen LogP) is 2.76. The van der Waals surface area contributed by atoms with Crippen molar-refractivity contribution in [3.05, 3.63) is 48.3 Å². The van der Waals surface area contributed by atoms with Gasteiger partial charge in [0.25, 0.3) is 0 Å². The first-order valence-electron chi connectivity index (χ1n) is 6.58. The molecule has 3 N–H and O–H groups in total. The van der Waals surface area contributed by atoms with Crippen LogP contribution in [0.15, 0.2) is 47.8 Å². The number of oxime groups is 1. The Morgan fingerprint density at radius 3 is 2.62 bits per heavy atom. The van der Waals surface area contributed by atoms with E-state index >= 15 is 0 Å². The minimum absolute atomic E-state index is 0.103. The van der Waals surface area contributed by atoms with E-state index in [2.05, 4.69) is 17.1 Å². The molecule has 1 heterocycles. The summed E-state index contributed by atoms with van der Waals surface area (Å²) >= 11 is 0. The van der Waals surface area contributed by atoms with Crippen molar-refractivity contribution in [2.45, 2.75) is 13.3 Å². The Morgan fingerprint density at radius 2 is 1.95 bits per heavy atom. The van der Waals surface area contributed by atoms with Crippen LogP contribution in [0.1, 0.15) is 19.0 Å². The molecule has 2 rings (SSSR count). The molecule has 1 aromatic carbocycles. The molecular formula is C15H17N3O3. The van der Waals surface area contributed by atoms with Crippen LogP contribution < -0.4 is 15.2 Å². The fourth-order valence-electron chi connectivity index (χ4n) is 1.66. The van der Waals surface area contributed by atoms with E-state index < -0.39 is 0 Å². The minimum atomic E-state index is -0.103. The maximum absolute atomic E-state index is 8.75. The number of ether oxygens (including phenoxy) is 2. The monoisotopic (exact) mass is 287 g/mol. The summed E-state index contributed by atoms with van der Waals surface area (Å²) in [5.74, 6) is 1.70. The lowest BCUT2D eigenvalue weighted by atomic mass is 10.3. The molecule has 21 heavy (non-hydrogen) atoms. The summed E-state index contributed by atoms with van der Waals surface area (Å²) in [6, 6.07) is 10.6. The summed E-state index contributed by atoms with van der Waals surface area (Å²) in [6.07, 6.45) is 2.50. The highest BCUT2D eigenvalue weighted by molar-refractivity contribution is 5.97. The average Bonchev–Trinajstić information content (AvgIpc) is 2.54. The zero-order chi connectivity index (χ0) is 15.1. The molecule has 0 atom stereocenters. The second-order valence-corrected chi connectivity index (χ2v) is 4.26. The molecule has 0 bridgehead atoms. The molecule has 0 saturated heterocycles. The van der Waals surface area contributed by atoms with Gasteiger partial charge in [-0.15, -0.1) is 0 Å². The van der Waals surface area contributed by atoms with Crippen LogP contribution in [0.2, 0.25) is 0 Å². The van der Waals surface area contributed by atoms with Crippen LogP contribution in [0.3, 0.4) is 0 Å². The van der Waals surface area contributed by atoms with E-state index in [0.717, 1.165) is 12.2 Å². The normalized spacial score (nSPS) is 11.2. The molecule has 0 aliphatic heterocycles. The van der Waals surface area contributed by atoms with E-state index in [0.29, 0.717) is 18.1 Å². The Balaban J connectivity index is 2.15. The Hall–Kier alpha value is -2.76. The maximum atomic E-state index is 8.75. The predicted molar refractivity (Wildman–Crippen MR) is 79.0 cm³/mol. The van der Waals surface area contributed by atoms with Crippen molar-refractivity contribution in [1.82, 2.24) is 4.98 Å². The molecular weight excluding hydrogens is 270 g/mol. The van der Waals surface area contributed by atoms with Crippen molar-refractivity contribution in [1.29, 1.82) is 0 Å². The van der Waals surface area contributed by atoms with Gasteiger partial charge in [-0.1, -0.05) is 12.1 Å². The van der Waals surface area contributed by atoms with Crippen LogP contribution in [0.5, 0.6) is 17.2 Å². The third-order valence-electron chi connectivity index (χ3n) is 2.65. The van der Waals surface area contributed by atoms with Gasteiger partial charge >= 0.3 is 0 Å². The fourth-order valence-corrected chi connectivity index (χ4v) is 1.66. The Morgan fingerprint density at radius 1 is 1.24 bits per heavy atom. The molecule has 6 nitrogen and oxygen atoms in total. The summed E-state index contributed by atoms with van der Waals surface area (Å²) in [5.41, 5.74) is 5.85. The van der Waals surface area contributed by atoms with Gasteiger partial charge in [0.05, 0.1) is 6.61 Å². The molecule has 0 amide bonds. The molecule has 0 aliphatic carbocycles. The number of rotatable bonds is 6. The number of hydrogen-bond donors (Lipinski definition) is 2. The van der Waals surface area contributed by atoms with Crippen LogP contribution in [0.4, 0.5) is 0 Å². The van der Waals surface area contributed by atoms with E-state index in [-0.39, 0.29) is 11.5 Å². The van der Waals surface area contributed by atoms with Gasteiger partial charge in [-0.3, -0.25) is 0 Å². The topological polar surface area (TPSA) is 90.0 Å². The standard InChI is InChI=1S/C15H17N3O3/c1-2-10-20-11-5-7-12(8-6-11)21-13-4-3-9-17-14(13)15(16)18-19/h3-9,19H,2,10H2,1H3,(H2,16,18). The van der Waals surface area contributed by atoms with Gasteiger partial charge in [-0.25, -0.2) is 4.98 Å². The largest absolute Gasteiger partial charge is 0.494 e. The lowest BCUT2D eigenvalue weighted by Gasteiger charge is -2.10. The minimum Gasteiger partial charge on any atom is -0.494 e. The molecule has 0 fully saturated rings. The molecule has 0 spiro atoms. The van der Waals surface area contributed by atoms with Crippen LogP contribution in [0.25, 0.3) is 0 Å². The van der Waals surface area contributed by atoms with Crippen LogP contribution >= 0.6 is 0 Å².